The smallest absolute Gasteiger partial charge is 0.263 e. The molecule has 6 heteroatoms. The Kier molecular flexibility index (Phi) is 4.46. The van der Waals surface area contributed by atoms with Crippen LogP contribution in [0, 0.1) is 6.92 Å². The number of methoxy groups -OCH3 is 1. The fourth-order valence-corrected chi connectivity index (χ4v) is 3.16. The van der Waals surface area contributed by atoms with Crippen molar-refractivity contribution in [1.82, 2.24) is 10.3 Å². The molecule has 0 radical (unpaired) electrons. The van der Waals surface area contributed by atoms with E-state index in [9.17, 15) is 4.79 Å². The van der Waals surface area contributed by atoms with Crippen LogP contribution in [0.4, 0.5) is 0 Å². The number of aryl methyl sites for hydroxylation is 1. The third-order valence-electron chi connectivity index (χ3n) is 2.36. The molecule has 0 aliphatic rings. The number of aromatic nitrogens is 1. The molecular weight excluding hydrogens is 268 g/mol. The van der Waals surface area contributed by atoms with Crippen LogP contribution in [0.2, 0.25) is 0 Å². The molecule has 18 heavy (non-hydrogen) atoms. The van der Waals surface area contributed by atoms with Gasteiger partial charge in [0.25, 0.3) is 5.91 Å². The minimum Gasteiger partial charge on any atom is -0.383 e. The largest absolute Gasteiger partial charge is 0.383 e. The van der Waals surface area contributed by atoms with Crippen LogP contribution in [0.25, 0.3) is 10.6 Å². The van der Waals surface area contributed by atoms with E-state index in [1.54, 1.807) is 18.4 Å². The van der Waals surface area contributed by atoms with E-state index in [0.29, 0.717) is 18.0 Å². The summed E-state index contributed by atoms with van der Waals surface area (Å²) in [6.07, 6.45) is 0. The van der Waals surface area contributed by atoms with E-state index in [0.717, 1.165) is 16.3 Å². The van der Waals surface area contributed by atoms with Gasteiger partial charge >= 0.3 is 0 Å². The summed E-state index contributed by atoms with van der Waals surface area (Å²) in [5.41, 5.74) is 1.85. The second kappa shape index (κ2) is 6.08. The molecule has 0 aromatic carbocycles. The number of amides is 1. The molecule has 0 aliphatic carbocycles. The molecule has 0 spiro atoms. The first-order valence-corrected chi connectivity index (χ1v) is 7.25. The van der Waals surface area contributed by atoms with Crippen LogP contribution < -0.4 is 5.32 Å². The van der Waals surface area contributed by atoms with Gasteiger partial charge in [-0.15, -0.1) is 11.3 Å². The summed E-state index contributed by atoms with van der Waals surface area (Å²) in [5, 5.41) is 7.74. The molecule has 2 heterocycles. The second-order valence-corrected chi connectivity index (χ2v) is 5.47. The Hall–Kier alpha value is -1.24. The highest BCUT2D eigenvalue weighted by atomic mass is 32.1. The van der Waals surface area contributed by atoms with Gasteiger partial charge in [-0.1, -0.05) is 0 Å². The maximum atomic E-state index is 11.9. The topological polar surface area (TPSA) is 51.2 Å². The second-order valence-electron chi connectivity index (χ2n) is 3.69. The lowest BCUT2D eigenvalue weighted by molar-refractivity contribution is 0.0940. The number of rotatable bonds is 5. The van der Waals surface area contributed by atoms with Gasteiger partial charge in [-0.05, 0) is 18.4 Å². The zero-order chi connectivity index (χ0) is 13.0. The van der Waals surface area contributed by atoms with Crippen molar-refractivity contribution < 1.29 is 9.53 Å². The maximum absolute atomic E-state index is 11.9. The van der Waals surface area contributed by atoms with Crippen molar-refractivity contribution in [2.75, 3.05) is 20.3 Å². The van der Waals surface area contributed by atoms with Gasteiger partial charge in [0, 0.05) is 24.6 Å². The molecule has 0 saturated heterocycles. The Balaban J connectivity index is 2.12. The third kappa shape index (κ3) is 2.95. The molecular formula is C12H14N2O2S2. The van der Waals surface area contributed by atoms with Crippen LogP contribution in [0.15, 0.2) is 16.8 Å². The van der Waals surface area contributed by atoms with Crippen molar-refractivity contribution in [3.05, 3.63) is 27.4 Å². The van der Waals surface area contributed by atoms with Crippen molar-refractivity contribution in [1.29, 1.82) is 0 Å². The fourth-order valence-electron chi connectivity index (χ4n) is 1.46. The lowest BCUT2D eigenvalue weighted by Crippen LogP contribution is -2.26. The van der Waals surface area contributed by atoms with Crippen LogP contribution in [-0.4, -0.2) is 31.2 Å². The minimum atomic E-state index is -0.0801. The summed E-state index contributed by atoms with van der Waals surface area (Å²) >= 11 is 3.05. The summed E-state index contributed by atoms with van der Waals surface area (Å²) in [4.78, 5) is 17.0. The Labute approximate surface area is 114 Å². The Bertz CT molecular complexity index is 520. The van der Waals surface area contributed by atoms with Gasteiger partial charge in [0.05, 0.1) is 12.3 Å². The molecule has 2 aromatic rings. The molecule has 2 rings (SSSR count). The number of carbonyl (C=O) groups excluding carboxylic acids is 1. The predicted octanol–water partition coefficient (Wildman–Crippen LogP) is 2.56. The van der Waals surface area contributed by atoms with Gasteiger partial charge in [0.15, 0.2) is 0 Å². The average molecular weight is 282 g/mol. The normalized spacial score (nSPS) is 10.6. The molecule has 0 unspecified atom stereocenters. The molecule has 0 fully saturated rings. The van der Waals surface area contributed by atoms with Crippen LogP contribution in [0.5, 0.6) is 0 Å². The highest BCUT2D eigenvalue weighted by molar-refractivity contribution is 7.17. The summed E-state index contributed by atoms with van der Waals surface area (Å²) in [6, 6.07) is 2.01. The van der Waals surface area contributed by atoms with E-state index in [-0.39, 0.29) is 5.91 Å². The predicted molar refractivity (Wildman–Crippen MR) is 74.4 cm³/mol. The number of thiophene rings is 1. The van der Waals surface area contributed by atoms with Gasteiger partial charge in [0.1, 0.15) is 9.88 Å². The Morgan fingerprint density at radius 1 is 1.56 bits per heavy atom. The molecule has 0 aliphatic heterocycles. The van der Waals surface area contributed by atoms with Gasteiger partial charge in [-0.25, -0.2) is 4.98 Å². The number of hydrogen-bond acceptors (Lipinski definition) is 5. The summed E-state index contributed by atoms with van der Waals surface area (Å²) in [7, 11) is 1.61. The zero-order valence-electron chi connectivity index (χ0n) is 10.2. The lowest BCUT2D eigenvalue weighted by atomic mass is 10.3. The summed E-state index contributed by atoms with van der Waals surface area (Å²) < 4.78 is 4.90. The number of ether oxygens (including phenoxy) is 1. The number of carbonyl (C=O) groups is 1. The van der Waals surface area contributed by atoms with E-state index >= 15 is 0 Å². The van der Waals surface area contributed by atoms with Crippen LogP contribution in [0.1, 0.15) is 15.4 Å². The molecule has 0 atom stereocenters. The number of nitrogens with zero attached hydrogens (tertiary/aromatic N) is 1. The Morgan fingerprint density at radius 3 is 3.06 bits per heavy atom. The van der Waals surface area contributed by atoms with E-state index in [1.807, 2.05) is 23.8 Å². The van der Waals surface area contributed by atoms with Crippen LogP contribution in [-0.2, 0) is 4.74 Å². The van der Waals surface area contributed by atoms with Gasteiger partial charge in [-0.2, -0.15) is 11.3 Å². The highest BCUT2D eigenvalue weighted by Gasteiger charge is 2.15. The van der Waals surface area contributed by atoms with Crippen molar-refractivity contribution in [2.24, 2.45) is 0 Å². The first-order chi connectivity index (χ1) is 8.72. The molecule has 96 valence electrons. The molecule has 0 bridgehead atoms. The van der Waals surface area contributed by atoms with Gasteiger partial charge in [0.2, 0.25) is 0 Å². The summed E-state index contributed by atoms with van der Waals surface area (Å²) in [6.45, 7) is 2.89. The SMILES string of the molecule is COCCNC(=O)c1sc(-c2ccsc2)nc1C. The maximum Gasteiger partial charge on any atom is 0.263 e. The number of thiazole rings is 1. The molecule has 4 nitrogen and oxygen atoms in total. The van der Waals surface area contributed by atoms with E-state index in [1.165, 1.54) is 11.3 Å². The van der Waals surface area contributed by atoms with Crippen molar-refractivity contribution in [3.8, 4) is 10.6 Å². The molecule has 1 amide bonds. The first-order valence-electron chi connectivity index (χ1n) is 5.49. The third-order valence-corrected chi connectivity index (χ3v) is 4.25. The minimum absolute atomic E-state index is 0.0801. The van der Waals surface area contributed by atoms with Crippen LogP contribution in [0.3, 0.4) is 0 Å². The van der Waals surface area contributed by atoms with Gasteiger partial charge < -0.3 is 10.1 Å². The van der Waals surface area contributed by atoms with E-state index in [2.05, 4.69) is 10.3 Å². The first kappa shape index (κ1) is 13.2. The number of hydrogen-bond donors (Lipinski definition) is 1. The van der Waals surface area contributed by atoms with Crippen molar-refractivity contribution in [2.45, 2.75) is 6.92 Å². The molecule has 2 aromatic heterocycles. The van der Waals surface area contributed by atoms with Crippen LogP contribution >= 0.6 is 22.7 Å². The standard InChI is InChI=1S/C12H14N2O2S2/c1-8-10(11(15)13-4-5-16-2)18-12(14-8)9-3-6-17-7-9/h3,6-7H,4-5H2,1-2H3,(H,13,15). The van der Waals surface area contributed by atoms with Crippen molar-refractivity contribution in [3.63, 3.8) is 0 Å². The zero-order valence-corrected chi connectivity index (χ0v) is 11.9. The fraction of sp³-hybridized carbons (Fsp3) is 0.333. The van der Waals surface area contributed by atoms with E-state index < -0.39 is 0 Å². The summed E-state index contributed by atoms with van der Waals surface area (Å²) in [5.74, 6) is -0.0801. The Morgan fingerprint density at radius 2 is 2.39 bits per heavy atom. The molecule has 0 saturated carbocycles. The van der Waals surface area contributed by atoms with Gasteiger partial charge in [-0.3, -0.25) is 4.79 Å². The van der Waals surface area contributed by atoms with Crippen molar-refractivity contribution >= 4 is 28.6 Å². The lowest BCUT2D eigenvalue weighted by Gasteiger charge is -2.02. The highest BCUT2D eigenvalue weighted by Crippen LogP contribution is 2.29. The molecule has 1 N–H and O–H groups in total. The average Bonchev–Trinajstić information content (AvgIpc) is 2.97. The number of nitrogens with one attached hydrogen (secondary N) is 1. The monoisotopic (exact) mass is 282 g/mol. The van der Waals surface area contributed by atoms with E-state index in [4.69, 9.17) is 4.74 Å². The quantitative estimate of drug-likeness (QED) is 0.857.